The summed E-state index contributed by atoms with van der Waals surface area (Å²) in [4.78, 5) is 17.8. The molecular weight excluding hydrogens is 406 g/mol. The second kappa shape index (κ2) is 8.23. The van der Waals surface area contributed by atoms with Crippen LogP contribution < -0.4 is 5.56 Å². The fraction of sp³-hybridized carbons (Fsp3) is 0.391. The van der Waals surface area contributed by atoms with Gasteiger partial charge in [0.25, 0.3) is 5.56 Å². The largest absolute Gasteiger partial charge is 0.381 e. The van der Waals surface area contributed by atoms with E-state index in [1.165, 1.54) is 0 Å². The van der Waals surface area contributed by atoms with Crippen molar-refractivity contribution >= 4 is 10.9 Å². The average Bonchev–Trinajstić information content (AvgIpc) is 3.25. The number of ether oxygens (including phenoxy) is 1. The zero-order valence-corrected chi connectivity index (χ0v) is 18.4. The van der Waals surface area contributed by atoms with Gasteiger partial charge >= 0.3 is 0 Å². The number of hydrogen-bond acceptors (Lipinski definition) is 7. The molecule has 0 unspecified atom stereocenters. The van der Waals surface area contributed by atoms with Gasteiger partial charge in [0.15, 0.2) is 0 Å². The summed E-state index contributed by atoms with van der Waals surface area (Å²) < 4.78 is 8.63. The van der Waals surface area contributed by atoms with Crippen molar-refractivity contribution in [3.05, 3.63) is 63.2 Å². The quantitative estimate of drug-likeness (QED) is 0.489. The average molecular weight is 432 g/mol. The Labute approximate surface area is 185 Å². The summed E-state index contributed by atoms with van der Waals surface area (Å²) in [5.41, 5.74) is 6.38. The number of hydrogen-bond donors (Lipinski definition) is 0. The SMILES string of the molecule is Cc1c(Cc2ccc(-c3cn(C)nn3)nc2)cc2c(=O)n(C3CCOCC3)nnc2c1C. The third-order valence-electron chi connectivity index (χ3n) is 6.27. The first kappa shape index (κ1) is 20.4. The van der Waals surface area contributed by atoms with Crippen molar-refractivity contribution in [2.45, 2.75) is 39.2 Å². The molecule has 1 aliphatic heterocycles. The van der Waals surface area contributed by atoms with Gasteiger partial charge in [0.2, 0.25) is 0 Å². The second-order valence-electron chi connectivity index (χ2n) is 8.37. The van der Waals surface area contributed by atoms with Gasteiger partial charge < -0.3 is 4.74 Å². The first-order valence-corrected chi connectivity index (χ1v) is 10.8. The summed E-state index contributed by atoms with van der Waals surface area (Å²) in [6.07, 6.45) is 5.93. The topological polar surface area (TPSA) is 101 Å². The van der Waals surface area contributed by atoms with Crippen molar-refractivity contribution in [1.82, 2.24) is 35.0 Å². The molecule has 32 heavy (non-hydrogen) atoms. The Morgan fingerprint density at radius 1 is 1.06 bits per heavy atom. The number of benzene rings is 1. The second-order valence-corrected chi connectivity index (χ2v) is 8.37. The van der Waals surface area contributed by atoms with Crippen molar-refractivity contribution in [3.8, 4) is 11.4 Å². The molecule has 0 bridgehead atoms. The Hall–Kier alpha value is -3.46. The molecule has 0 saturated carbocycles. The highest BCUT2D eigenvalue weighted by molar-refractivity contribution is 5.82. The Balaban J connectivity index is 1.50. The lowest BCUT2D eigenvalue weighted by molar-refractivity contribution is 0.0641. The standard InChI is InChI=1S/C23H25N7O2/c1-14-15(2)22-19(23(31)30(28-26-22)18-6-8-32-9-7-18)11-17(14)10-16-4-5-20(24-12-16)21-13-29(3)27-25-21/h4-5,11-13,18H,6-10H2,1-3H3. The molecule has 0 atom stereocenters. The molecule has 9 heteroatoms. The number of pyridine rings is 1. The first-order valence-electron chi connectivity index (χ1n) is 10.8. The Morgan fingerprint density at radius 2 is 1.88 bits per heavy atom. The van der Waals surface area contributed by atoms with Crippen molar-refractivity contribution in [1.29, 1.82) is 0 Å². The zero-order valence-electron chi connectivity index (χ0n) is 18.4. The molecular formula is C23H25N7O2. The maximum atomic E-state index is 13.3. The molecule has 1 aliphatic rings. The summed E-state index contributed by atoms with van der Waals surface area (Å²) in [6, 6.07) is 6.00. The molecule has 0 amide bonds. The van der Waals surface area contributed by atoms with E-state index in [1.807, 2.05) is 44.6 Å². The molecule has 9 nitrogen and oxygen atoms in total. The van der Waals surface area contributed by atoms with Crippen molar-refractivity contribution < 1.29 is 4.74 Å². The van der Waals surface area contributed by atoms with E-state index in [2.05, 4.69) is 32.5 Å². The third kappa shape index (κ3) is 3.69. The molecule has 0 spiro atoms. The van der Waals surface area contributed by atoms with Crippen LogP contribution in [0.2, 0.25) is 0 Å². The maximum absolute atomic E-state index is 13.3. The van der Waals surface area contributed by atoms with Crippen molar-refractivity contribution in [2.75, 3.05) is 13.2 Å². The summed E-state index contributed by atoms with van der Waals surface area (Å²) in [5, 5.41) is 17.4. The Bertz CT molecular complexity index is 1340. The van der Waals surface area contributed by atoms with Gasteiger partial charge in [-0.3, -0.25) is 14.5 Å². The van der Waals surface area contributed by atoms with Crippen LogP contribution in [0.5, 0.6) is 0 Å². The fourth-order valence-electron chi connectivity index (χ4n) is 4.24. The van der Waals surface area contributed by atoms with Crippen LogP contribution in [0.15, 0.2) is 35.4 Å². The molecule has 0 aliphatic carbocycles. The fourth-order valence-corrected chi connectivity index (χ4v) is 4.24. The summed E-state index contributed by atoms with van der Waals surface area (Å²) in [5.74, 6) is 0. The summed E-state index contributed by atoms with van der Waals surface area (Å²) >= 11 is 0. The van der Waals surface area contributed by atoms with Gasteiger partial charge in [0.05, 0.1) is 23.3 Å². The minimum Gasteiger partial charge on any atom is -0.381 e. The van der Waals surface area contributed by atoms with E-state index in [-0.39, 0.29) is 11.6 Å². The molecule has 164 valence electrons. The van der Waals surface area contributed by atoms with Gasteiger partial charge in [0, 0.05) is 26.5 Å². The number of aryl methyl sites for hydroxylation is 2. The van der Waals surface area contributed by atoms with E-state index in [0.29, 0.717) is 30.5 Å². The highest BCUT2D eigenvalue weighted by Gasteiger charge is 2.21. The summed E-state index contributed by atoms with van der Waals surface area (Å²) in [7, 11) is 1.83. The monoisotopic (exact) mass is 431 g/mol. The van der Waals surface area contributed by atoms with Gasteiger partial charge in [-0.2, -0.15) is 0 Å². The molecule has 5 rings (SSSR count). The Morgan fingerprint density at radius 3 is 2.56 bits per heavy atom. The first-order chi connectivity index (χ1) is 15.5. The van der Waals surface area contributed by atoms with Crippen LogP contribution in [0.25, 0.3) is 22.3 Å². The smallest absolute Gasteiger partial charge is 0.277 e. The predicted molar refractivity (Wildman–Crippen MR) is 119 cm³/mol. The van der Waals surface area contributed by atoms with Crippen LogP contribution in [0.1, 0.15) is 41.1 Å². The van der Waals surface area contributed by atoms with Gasteiger partial charge in [-0.1, -0.05) is 16.5 Å². The van der Waals surface area contributed by atoms with Crippen LogP contribution in [0, 0.1) is 13.8 Å². The Kier molecular flexibility index (Phi) is 5.26. The van der Waals surface area contributed by atoms with Crippen LogP contribution in [-0.4, -0.2) is 48.2 Å². The number of fused-ring (bicyclic) bond motifs is 1. The minimum atomic E-state index is -0.0811. The molecule has 0 radical (unpaired) electrons. The number of nitrogens with zero attached hydrogens (tertiary/aromatic N) is 7. The number of rotatable bonds is 4. The van der Waals surface area contributed by atoms with E-state index in [4.69, 9.17) is 4.74 Å². The van der Waals surface area contributed by atoms with Crippen LogP contribution >= 0.6 is 0 Å². The highest BCUT2D eigenvalue weighted by atomic mass is 16.5. The van der Waals surface area contributed by atoms with E-state index >= 15 is 0 Å². The summed E-state index contributed by atoms with van der Waals surface area (Å²) in [6.45, 7) is 5.36. The molecule has 4 aromatic rings. The van der Waals surface area contributed by atoms with Crippen LogP contribution in [0.3, 0.4) is 0 Å². The maximum Gasteiger partial charge on any atom is 0.277 e. The lowest BCUT2D eigenvalue weighted by Crippen LogP contribution is -2.32. The number of aromatic nitrogens is 7. The van der Waals surface area contributed by atoms with Gasteiger partial charge in [0.1, 0.15) is 11.2 Å². The van der Waals surface area contributed by atoms with E-state index < -0.39 is 0 Å². The molecule has 1 saturated heterocycles. The highest BCUT2D eigenvalue weighted by Crippen LogP contribution is 2.25. The van der Waals surface area contributed by atoms with Gasteiger partial charge in [-0.15, -0.1) is 10.2 Å². The van der Waals surface area contributed by atoms with Gasteiger partial charge in [-0.25, -0.2) is 4.68 Å². The third-order valence-corrected chi connectivity index (χ3v) is 6.27. The molecule has 0 N–H and O–H groups in total. The molecule has 3 aromatic heterocycles. The van der Waals surface area contributed by atoms with Crippen LogP contribution in [-0.2, 0) is 18.2 Å². The van der Waals surface area contributed by atoms with Crippen LogP contribution in [0.4, 0.5) is 0 Å². The lowest BCUT2D eigenvalue weighted by atomic mass is 9.95. The minimum absolute atomic E-state index is 0.0380. The molecule has 4 heterocycles. The van der Waals surface area contributed by atoms with Crippen molar-refractivity contribution in [2.24, 2.45) is 7.05 Å². The normalized spacial score (nSPS) is 14.8. The molecule has 1 fully saturated rings. The van der Waals surface area contributed by atoms with E-state index in [9.17, 15) is 4.79 Å². The predicted octanol–water partition coefficient (Wildman–Crippen LogP) is 2.54. The van der Waals surface area contributed by atoms with E-state index in [0.717, 1.165) is 46.5 Å². The van der Waals surface area contributed by atoms with Crippen molar-refractivity contribution in [3.63, 3.8) is 0 Å². The zero-order chi connectivity index (χ0) is 22.2. The molecule has 1 aromatic carbocycles. The lowest BCUT2D eigenvalue weighted by Gasteiger charge is -2.23. The van der Waals surface area contributed by atoms with E-state index in [1.54, 1.807) is 9.36 Å². The van der Waals surface area contributed by atoms with Gasteiger partial charge in [-0.05, 0) is 67.5 Å².